The molecular formula is C14H27NO2. The summed E-state index contributed by atoms with van der Waals surface area (Å²) in [5.41, 5.74) is 0.228. The van der Waals surface area contributed by atoms with E-state index in [1.165, 1.54) is 44.9 Å². The van der Waals surface area contributed by atoms with E-state index in [0.29, 0.717) is 6.10 Å². The Morgan fingerprint density at radius 2 is 2.00 bits per heavy atom. The number of likely N-dealkylation sites (N-methyl/N-ethyl adjacent to an activating group) is 1. The van der Waals surface area contributed by atoms with Gasteiger partial charge in [0.2, 0.25) is 0 Å². The van der Waals surface area contributed by atoms with Crippen LogP contribution in [0.15, 0.2) is 0 Å². The predicted molar refractivity (Wildman–Crippen MR) is 69.1 cm³/mol. The van der Waals surface area contributed by atoms with E-state index in [4.69, 9.17) is 9.84 Å². The summed E-state index contributed by atoms with van der Waals surface area (Å²) in [6, 6.07) is 0.238. The number of ether oxygens (including phenoxy) is 1. The number of hydrogen-bond donors (Lipinski definition) is 1. The van der Waals surface area contributed by atoms with Crippen LogP contribution >= 0.6 is 0 Å². The van der Waals surface area contributed by atoms with Crippen LogP contribution in [-0.4, -0.2) is 48.0 Å². The van der Waals surface area contributed by atoms with Crippen molar-refractivity contribution in [1.29, 1.82) is 0 Å². The normalized spacial score (nSPS) is 30.0. The van der Waals surface area contributed by atoms with Crippen molar-refractivity contribution in [2.75, 3.05) is 20.2 Å². The molecule has 1 N–H and O–H groups in total. The summed E-state index contributed by atoms with van der Waals surface area (Å²) in [4.78, 5) is 2.21. The highest BCUT2D eigenvalue weighted by Gasteiger charge is 2.41. The molecule has 17 heavy (non-hydrogen) atoms. The molecule has 1 aliphatic heterocycles. The predicted octanol–water partition coefficient (Wildman–Crippen LogP) is 2.18. The van der Waals surface area contributed by atoms with Gasteiger partial charge in [0.25, 0.3) is 0 Å². The first-order valence-corrected chi connectivity index (χ1v) is 7.14. The molecule has 0 bridgehead atoms. The van der Waals surface area contributed by atoms with Crippen LogP contribution in [0.4, 0.5) is 0 Å². The molecule has 2 aliphatic rings. The Hall–Kier alpha value is -0.120. The minimum absolute atomic E-state index is 0.228. The van der Waals surface area contributed by atoms with Crippen LogP contribution in [-0.2, 0) is 4.74 Å². The maximum absolute atomic E-state index is 9.14. The molecule has 1 saturated carbocycles. The molecule has 1 aliphatic carbocycles. The van der Waals surface area contributed by atoms with Crippen molar-refractivity contribution in [3.8, 4) is 0 Å². The Bertz CT molecular complexity index is 238. The van der Waals surface area contributed by atoms with E-state index in [0.717, 1.165) is 6.54 Å². The van der Waals surface area contributed by atoms with E-state index in [1.54, 1.807) is 0 Å². The molecule has 100 valence electrons. The fraction of sp³-hybridized carbons (Fsp3) is 1.00. The van der Waals surface area contributed by atoms with Gasteiger partial charge in [-0.3, -0.25) is 4.90 Å². The molecule has 3 nitrogen and oxygen atoms in total. The molecule has 0 radical (unpaired) electrons. The van der Waals surface area contributed by atoms with Gasteiger partial charge in [-0.2, -0.15) is 0 Å². The maximum atomic E-state index is 9.14. The van der Waals surface area contributed by atoms with Crippen molar-refractivity contribution in [3.05, 3.63) is 0 Å². The monoisotopic (exact) mass is 241 g/mol. The zero-order valence-electron chi connectivity index (χ0n) is 11.3. The van der Waals surface area contributed by atoms with Crippen molar-refractivity contribution in [3.63, 3.8) is 0 Å². The Morgan fingerprint density at radius 1 is 1.29 bits per heavy atom. The molecule has 1 spiro atoms. The van der Waals surface area contributed by atoms with E-state index in [1.807, 2.05) is 0 Å². The molecule has 3 heteroatoms. The summed E-state index contributed by atoms with van der Waals surface area (Å²) in [5, 5.41) is 9.14. The molecule has 2 atom stereocenters. The second-order valence-electron chi connectivity index (χ2n) is 5.99. The first-order chi connectivity index (χ1) is 8.15. The number of hydrogen-bond acceptors (Lipinski definition) is 3. The lowest BCUT2D eigenvalue weighted by Crippen LogP contribution is -2.39. The standard InChI is InChI=1S/C14H27NO2/c1-12(11-16)15(2)10-13-6-9-14(17-13)7-4-3-5-8-14/h12-13,16H,3-11H2,1-2H3. The second kappa shape index (κ2) is 5.68. The van der Waals surface area contributed by atoms with E-state index in [2.05, 4.69) is 18.9 Å². The van der Waals surface area contributed by atoms with Crippen molar-refractivity contribution < 1.29 is 9.84 Å². The summed E-state index contributed by atoms with van der Waals surface area (Å²) in [6.45, 7) is 3.25. The summed E-state index contributed by atoms with van der Waals surface area (Å²) in [6.07, 6.45) is 9.43. The lowest BCUT2D eigenvalue weighted by Gasteiger charge is -2.34. The average Bonchev–Trinajstić information content (AvgIpc) is 2.72. The van der Waals surface area contributed by atoms with E-state index < -0.39 is 0 Å². The largest absolute Gasteiger partial charge is 0.395 e. The molecule has 0 aromatic rings. The van der Waals surface area contributed by atoms with E-state index in [-0.39, 0.29) is 18.2 Å². The van der Waals surface area contributed by atoms with Crippen LogP contribution in [0, 0.1) is 0 Å². The highest BCUT2D eigenvalue weighted by Crippen LogP contribution is 2.41. The number of aliphatic hydroxyl groups is 1. The van der Waals surface area contributed by atoms with Crippen LogP contribution in [0.3, 0.4) is 0 Å². The third-order valence-electron chi connectivity index (χ3n) is 4.61. The highest BCUT2D eigenvalue weighted by atomic mass is 16.5. The van der Waals surface area contributed by atoms with Gasteiger partial charge < -0.3 is 9.84 Å². The summed E-state index contributed by atoms with van der Waals surface area (Å²) in [5.74, 6) is 0. The van der Waals surface area contributed by atoms with E-state index in [9.17, 15) is 0 Å². The van der Waals surface area contributed by atoms with Gasteiger partial charge in [-0.25, -0.2) is 0 Å². The topological polar surface area (TPSA) is 32.7 Å². The number of rotatable bonds is 4. The molecular weight excluding hydrogens is 214 g/mol. The Kier molecular flexibility index (Phi) is 4.45. The minimum atomic E-state index is 0.228. The SMILES string of the molecule is CC(CO)N(C)CC1CCC2(CCCCC2)O1. The molecule has 0 amide bonds. The molecule has 1 saturated heterocycles. The van der Waals surface area contributed by atoms with Crippen molar-refractivity contribution in [2.45, 2.75) is 69.6 Å². The minimum Gasteiger partial charge on any atom is -0.395 e. The first kappa shape index (κ1) is 13.3. The Labute approximate surface area is 105 Å². The zero-order chi connectivity index (χ0) is 12.3. The van der Waals surface area contributed by atoms with Crippen LogP contribution < -0.4 is 0 Å². The van der Waals surface area contributed by atoms with Gasteiger partial charge in [0.15, 0.2) is 0 Å². The fourth-order valence-corrected chi connectivity index (χ4v) is 3.23. The van der Waals surface area contributed by atoms with Gasteiger partial charge in [-0.1, -0.05) is 19.3 Å². The van der Waals surface area contributed by atoms with E-state index >= 15 is 0 Å². The summed E-state index contributed by atoms with van der Waals surface area (Å²) < 4.78 is 6.33. The summed E-state index contributed by atoms with van der Waals surface area (Å²) in [7, 11) is 2.08. The molecule has 0 aromatic carbocycles. The lowest BCUT2D eigenvalue weighted by atomic mass is 9.83. The van der Waals surface area contributed by atoms with Crippen LogP contribution in [0.25, 0.3) is 0 Å². The Balaban J connectivity index is 1.81. The third-order valence-corrected chi connectivity index (χ3v) is 4.61. The van der Waals surface area contributed by atoms with Gasteiger partial charge in [0.1, 0.15) is 0 Å². The highest BCUT2D eigenvalue weighted by molar-refractivity contribution is 4.92. The fourth-order valence-electron chi connectivity index (χ4n) is 3.23. The smallest absolute Gasteiger partial charge is 0.0710 e. The van der Waals surface area contributed by atoms with Crippen LogP contribution in [0.1, 0.15) is 51.9 Å². The van der Waals surface area contributed by atoms with Crippen LogP contribution in [0.2, 0.25) is 0 Å². The van der Waals surface area contributed by atoms with Crippen molar-refractivity contribution in [2.24, 2.45) is 0 Å². The van der Waals surface area contributed by atoms with Crippen molar-refractivity contribution in [1.82, 2.24) is 4.90 Å². The molecule has 2 unspecified atom stereocenters. The Morgan fingerprint density at radius 3 is 2.65 bits per heavy atom. The van der Waals surface area contributed by atoms with Gasteiger partial charge >= 0.3 is 0 Å². The molecule has 0 aromatic heterocycles. The quantitative estimate of drug-likeness (QED) is 0.819. The summed E-state index contributed by atoms with van der Waals surface area (Å²) >= 11 is 0. The maximum Gasteiger partial charge on any atom is 0.0710 e. The van der Waals surface area contributed by atoms with Gasteiger partial charge in [0, 0.05) is 12.6 Å². The first-order valence-electron chi connectivity index (χ1n) is 7.14. The lowest BCUT2D eigenvalue weighted by molar-refractivity contribution is -0.0733. The third kappa shape index (κ3) is 3.21. The van der Waals surface area contributed by atoms with Gasteiger partial charge in [-0.05, 0) is 39.7 Å². The van der Waals surface area contributed by atoms with Gasteiger partial charge in [0.05, 0.1) is 18.3 Å². The van der Waals surface area contributed by atoms with Gasteiger partial charge in [-0.15, -0.1) is 0 Å². The average molecular weight is 241 g/mol. The van der Waals surface area contributed by atoms with Crippen molar-refractivity contribution >= 4 is 0 Å². The second-order valence-corrected chi connectivity index (χ2v) is 5.99. The van der Waals surface area contributed by atoms with Crippen LogP contribution in [0.5, 0.6) is 0 Å². The number of nitrogens with zero attached hydrogens (tertiary/aromatic N) is 1. The zero-order valence-corrected chi connectivity index (χ0v) is 11.3. The number of aliphatic hydroxyl groups excluding tert-OH is 1. The molecule has 1 heterocycles. The molecule has 2 rings (SSSR count). The molecule has 2 fully saturated rings.